The highest BCUT2D eigenvalue weighted by atomic mass is 79.9. The maximum Gasteiger partial charge on any atom is 0.255 e. The summed E-state index contributed by atoms with van der Waals surface area (Å²) in [4.78, 5) is 12.0. The van der Waals surface area contributed by atoms with Crippen molar-refractivity contribution in [1.82, 2.24) is 0 Å². The highest BCUT2D eigenvalue weighted by Crippen LogP contribution is 2.24. The highest BCUT2D eigenvalue weighted by Gasteiger charge is 2.11. The molecular formula is C14H11BrFNO2. The molecule has 0 bridgehead atoms. The molecule has 0 spiro atoms. The number of carbonyl (C=O) groups excluding carboxylic acids is 1. The number of nitrogens with one attached hydrogen (secondary N) is 1. The second-order valence-corrected chi connectivity index (χ2v) is 4.89. The van der Waals surface area contributed by atoms with Gasteiger partial charge in [0.15, 0.2) is 0 Å². The van der Waals surface area contributed by atoms with Crippen molar-refractivity contribution in [3.63, 3.8) is 0 Å². The van der Waals surface area contributed by atoms with Crippen LogP contribution in [-0.4, -0.2) is 11.0 Å². The number of benzene rings is 2. The van der Waals surface area contributed by atoms with Gasteiger partial charge in [-0.1, -0.05) is 6.07 Å². The van der Waals surface area contributed by atoms with Crippen LogP contribution in [0.1, 0.15) is 15.9 Å². The molecule has 19 heavy (non-hydrogen) atoms. The van der Waals surface area contributed by atoms with E-state index in [-0.39, 0.29) is 11.3 Å². The summed E-state index contributed by atoms with van der Waals surface area (Å²) < 4.78 is 13.7. The predicted molar refractivity (Wildman–Crippen MR) is 74.9 cm³/mol. The van der Waals surface area contributed by atoms with Gasteiger partial charge in [0.2, 0.25) is 0 Å². The number of aromatic hydroxyl groups is 1. The lowest BCUT2D eigenvalue weighted by atomic mass is 10.1. The van der Waals surface area contributed by atoms with Crippen LogP contribution in [0.15, 0.2) is 40.9 Å². The predicted octanol–water partition coefficient (Wildman–Crippen LogP) is 3.85. The lowest BCUT2D eigenvalue weighted by molar-refractivity contribution is 0.102. The van der Waals surface area contributed by atoms with E-state index < -0.39 is 11.7 Å². The van der Waals surface area contributed by atoms with Crippen molar-refractivity contribution in [3.05, 3.63) is 57.8 Å². The highest BCUT2D eigenvalue weighted by molar-refractivity contribution is 9.10. The average Bonchev–Trinajstić information content (AvgIpc) is 2.38. The number of hydrogen-bond donors (Lipinski definition) is 2. The lowest BCUT2D eigenvalue weighted by Gasteiger charge is -2.09. The maximum absolute atomic E-state index is 13.4. The van der Waals surface area contributed by atoms with Crippen LogP contribution >= 0.6 is 15.9 Å². The van der Waals surface area contributed by atoms with E-state index in [0.717, 1.165) is 6.07 Å². The molecule has 98 valence electrons. The molecule has 3 nitrogen and oxygen atoms in total. The second-order valence-electron chi connectivity index (χ2n) is 4.03. The van der Waals surface area contributed by atoms with Crippen LogP contribution in [-0.2, 0) is 0 Å². The molecule has 2 rings (SSSR count). The molecule has 0 aromatic heterocycles. The first-order chi connectivity index (χ1) is 8.99. The van der Waals surface area contributed by atoms with Gasteiger partial charge in [0, 0.05) is 16.8 Å². The van der Waals surface area contributed by atoms with Crippen LogP contribution in [0.4, 0.5) is 10.1 Å². The minimum absolute atomic E-state index is 0.0970. The number of carbonyl (C=O) groups is 1. The molecule has 5 heteroatoms. The molecule has 0 fully saturated rings. The molecule has 0 atom stereocenters. The third-order valence-electron chi connectivity index (χ3n) is 2.74. The number of phenolic OH excluding ortho intramolecular Hbond substituents is 1. The largest absolute Gasteiger partial charge is 0.508 e. The fourth-order valence-electron chi connectivity index (χ4n) is 1.59. The summed E-state index contributed by atoms with van der Waals surface area (Å²) in [5.74, 6) is -0.833. The Bertz CT molecular complexity index is 643. The van der Waals surface area contributed by atoms with E-state index in [4.69, 9.17) is 0 Å². The van der Waals surface area contributed by atoms with Crippen LogP contribution in [0.2, 0.25) is 0 Å². The molecule has 2 N–H and O–H groups in total. The van der Waals surface area contributed by atoms with Gasteiger partial charge >= 0.3 is 0 Å². The van der Waals surface area contributed by atoms with Gasteiger partial charge in [0.05, 0.1) is 4.47 Å². The van der Waals surface area contributed by atoms with Gasteiger partial charge in [0.1, 0.15) is 11.6 Å². The second kappa shape index (κ2) is 5.40. The normalized spacial score (nSPS) is 10.3. The van der Waals surface area contributed by atoms with E-state index in [2.05, 4.69) is 21.2 Å². The third-order valence-corrected chi connectivity index (χ3v) is 3.38. The fraction of sp³-hybridized carbons (Fsp3) is 0.0714. The Labute approximate surface area is 118 Å². The number of phenols is 1. The van der Waals surface area contributed by atoms with E-state index in [1.165, 1.54) is 18.2 Å². The molecule has 0 saturated carbocycles. The van der Waals surface area contributed by atoms with Crippen LogP contribution < -0.4 is 5.32 Å². The molecular weight excluding hydrogens is 313 g/mol. The summed E-state index contributed by atoms with van der Waals surface area (Å²) in [6.45, 7) is 1.69. The standard InChI is InChI=1S/C14H11BrFNO2/c1-8-12(3-2-4-13(8)18)17-14(19)9-5-6-10(15)11(16)7-9/h2-7,18H,1H3,(H,17,19). The SMILES string of the molecule is Cc1c(O)cccc1NC(=O)c1ccc(Br)c(F)c1. The van der Waals surface area contributed by atoms with Crippen molar-refractivity contribution in [2.45, 2.75) is 6.92 Å². The molecule has 2 aromatic rings. The van der Waals surface area contributed by atoms with Gasteiger partial charge in [-0.25, -0.2) is 4.39 Å². The fourth-order valence-corrected chi connectivity index (χ4v) is 1.84. The quantitative estimate of drug-likeness (QED) is 0.881. The van der Waals surface area contributed by atoms with Gasteiger partial charge in [0.25, 0.3) is 5.91 Å². The zero-order valence-corrected chi connectivity index (χ0v) is 11.7. The molecule has 0 radical (unpaired) electrons. The summed E-state index contributed by atoms with van der Waals surface area (Å²) >= 11 is 3.03. The van der Waals surface area contributed by atoms with Gasteiger partial charge in [-0.3, -0.25) is 4.79 Å². The van der Waals surface area contributed by atoms with Crippen molar-refractivity contribution in [3.8, 4) is 5.75 Å². The van der Waals surface area contributed by atoms with Crippen molar-refractivity contribution >= 4 is 27.5 Å². The number of hydrogen-bond acceptors (Lipinski definition) is 2. The van der Waals surface area contributed by atoms with Crippen molar-refractivity contribution in [2.75, 3.05) is 5.32 Å². The summed E-state index contributed by atoms with van der Waals surface area (Å²) in [5.41, 5.74) is 1.27. The monoisotopic (exact) mass is 323 g/mol. The van der Waals surface area contributed by atoms with E-state index in [1.54, 1.807) is 19.1 Å². The van der Waals surface area contributed by atoms with Gasteiger partial charge in [-0.05, 0) is 53.2 Å². The molecule has 0 aliphatic rings. The minimum atomic E-state index is -0.500. The molecule has 0 aliphatic heterocycles. The van der Waals surface area contributed by atoms with E-state index in [9.17, 15) is 14.3 Å². The lowest BCUT2D eigenvalue weighted by Crippen LogP contribution is -2.13. The summed E-state index contributed by atoms with van der Waals surface area (Å²) in [6, 6.07) is 8.96. The van der Waals surface area contributed by atoms with E-state index in [0.29, 0.717) is 15.7 Å². The number of rotatable bonds is 2. The first-order valence-electron chi connectivity index (χ1n) is 5.54. The zero-order valence-electron chi connectivity index (χ0n) is 10.1. The first-order valence-corrected chi connectivity index (χ1v) is 6.33. The Hall–Kier alpha value is -1.88. The van der Waals surface area contributed by atoms with Gasteiger partial charge < -0.3 is 10.4 Å². The summed E-state index contributed by atoms with van der Waals surface area (Å²) in [6.07, 6.45) is 0. The average molecular weight is 324 g/mol. The molecule has 0 unspecified atom stereocenters. The van der Waals surface area contributed by atoms with Crippen LogP contribution in [0.3, 0.4) is 0 Å². The molecule has 2 aromatic carbocycles. The van der Waals surface area contributed by atoms with E-state index >= 15 is 0 Å². The molecule has 0 saturated heterocycles. The number of amides is 1. The maximum atomic E-state index is 13.4. The van der Waals surface area contributed by atoms with Crippen molar-refractivity contribution in [2.24, 2.45) is 0 Å². The van der Waals surface area contributed by atoms with Crippen LogP contribution in [0.5, 0.6) is 5.75 Å². The topological polar surface area (TPSA) is 49.3 Å². The summed E-state index contributed by atoms with van der Waals surface area (Å²) in [7, 11) is 0. The Balaban J connectivity index is 2.26. The number of anilines is 1. The molecule has 1 amide bonds. The number of halogens is 2. The Morgan fingerprint density at radius 1 is 1.32 bits per heavy atom. The van der Waals surface area contributed by atoms with Crippen molar-refractivity contribution < 1.29 is 14.3 Å². The zero-order chi connectivity index (χ0) is 14.0. The smallest absolute Gasteiger partial charge is 0.255 e. The van der Waals surface area contributed by atoms with Crippen LogP contribution in [0.25, 0.3) is 0 Å². The minimum Gasteiger partial charge on any atom is -0.508 e. The summed E-state index contributed by atoms with van der Waals surface area (Å²) in [5, 5.41) is 12.2. The van der Waals surface area contributed by atoms with Gasteiger partial charge in [-0.15, -0.1) is 0 Å². The Morgan fingerprint density at radius 3 is 2.74 bits per heavy atom. The molecule has 0 aliphatic carbocycles. The van der Waals surface area contributed by atoms with Crippen molar-refractivity contribution in [1.29, 1.82) is 0 Å². The van der Waals surface area contributed by atoms with E-state index in [1.807, 2.05) is 0 Å². The van der Waals surface area contributed by atoms with Gasteiger partial charge in [-0.2, -0.15) is 0 Å². The molecule has 0 heterocycles. The first kappa shape index (κ1) is 13.5. The Morgan fingerprint density at radius 2 is 2.05 bits per heavy atom. The Kier molecular flexibility index (Phi) is 3.85. The third kappa shape index (κ3) is 2.93. The van der Waals surface area contributed by atoms with Crippen LogP contribution in [0, 0.1) is 12.7 Å².